The zero-order valence-electron chi connectivity index (χ0n) is 19.0. The van der Waals surface area contributed by atoms with E-state index in [1.54, 1.807) is 17.0 Å². The monoisotopic (exact) mass is 544 g/mol. The van der Waals surface area contributed by atoms with Crippen LogP contribution in [-0.2, 0) is 25.8 Å². The molecule has 4 heterocycles. The van der Waals surface area contributed by atoms with E-state index in [-0.39, 0.29) is 41.3 Å². The number of thioether (sulfide) groups is 1. The second-order valence-electron chi connectivity index (χ2n) is 7.70. The van der Waals surface area contributed by atoms with Gasteiger partial charge in [0.15, 0.2) is 24.1 Å². The van der Waals surface area contributed by atoms with E-state index in [1.807, 2.05) is 0 Å². The van der Waals surface area contributed by atoms with Gasteiger partial charge in [-0.05, 0) is 0 Å². The van der Waals surface area contributed by atoms with E-state index in [0.717, 1.165) is 16.4 Å². The summed E-state index contributed by atoms with van der Waals surface area (Å²) in [7, 11) is 0. The normalized spacial score (nSPS) is 19.1. The number of pyridine rings is 1. The van der Waals surface area contributed by atoms with Gasteiger partial charge in [-0.1, -0.05) is 17.8 Å². The van der Waals surface area contributed by atoms with Crippen LogP contribution in [0.4, 0.5) is 5.13 Å². The number of nitrogen functional groups attached to an aromatic ring is 1. The fraction of sp³-hybridized carbons (Fsp3) is 0.238. The lowest BCUT2D eigenvalue weighted by Gasteiger charge is -2.50. The molecule has 2 aromatic rings. The highest BCUT2D eigenvalue weighted by atomic mass is 32.2. The van der Waals surface area contributed by atoms with Gasteiger partial charge in [-0.3, -0.25) is 19.3 Å². The lowest BCUT2D eigenvalue weighted by atomic mass is 10.0. The van der Waals surface area contributed by atoms with E-state index in [4.69, 9.17) is 16.3 Å². The maximum atomic E-state index is 13.0. The minimum absolute atomic E-state index is 0.0107. The molecular weight excluding hydrogens is 524 g/mol. The Morgan fingerprint density at radius 1 is 1.38 bits per heavy atom. The van der Waals surface area contributed by atoms with Crippen LogP contribution in [0.25, 0.3) is 0 Å². The Balaban J connectivity index is 1.52. The number of primary amides is 1. The third kappa shape index (κ3) is 5.29. The first-order chi connectivity index (χ1) is 17.7. The first-order valence-electron chi connectivity index (χ1n) is 10.6. The highest BCUT2D eigenvalue weighted by molar-refractivity contribution is 8.00. The van der Waals surface area contributed by atoms with Gasteiger partial charge >= 0.3 is 0 Å². The summed E-state index contributed by atoms with van der Waals surface area (Å²) in [5, 5.41) is 17.7. The minimum atomic E-state index is -1.52. The zero-order chi connectivity index (χ0) is 26.7. The summed E-state index contributed by atoms with van der Waals surface area (Å²) in [5.41, 5.74) is 11.0. The fourth-order valence-electron chi connectivity index (χ4n) is 3.62. The Hall–Kier alpha value is -4.31. The number of anilines is 1. The van der Waals surface area contributed by atoms with E-state index in [2.05, 4.69) is 26.4 Å². The van der Waals surface area contributed by atoms with Crippen molar-refractivity contribution in [2.24, 2.45) is 10.9 Å². The molecule has 2 aromatic heterocycles. The maximum Gasteiger partial charge on any atom is 0.278 e. The molecule has 14 nitrogen and oxygen atoms in total. The molecule has 1 unspecified atom stereocenters. The number of oxime groups is 1. The van der Waals surface area contributed by atoms with Crippen LogP contribution in [-0.4, -0.2) is 67.4 Å². The van der Waals surface area contributed by atoms with Crippen LogP contribution in [0.5, 0.6) is 0 Å². The largest absolute Gasteiger partial charge is 0.543 e. The van der Waals surface area contributed by atoms with Crippen molar-refractivity contribution in [3.05, 3.63) is 59.8 Å². The average molecular weight is 545 g/mol. The van der Waals surface area contributed by atoms with Crippen LogP contribution in [0, 0.1) is 0 Å². The Morgan fingerprint density at radius 2 is 2.11 bits per heavy atom. The molecule has 4 rings (SSSR count). The summed E-state index contributed by atoms with van der Waals surface area (Å²) in [4.78, 5) is 59.2. The van der Waals surface area contributed by atoms with Crippen molar-refractivity contribution in [3.8, 4) is 0 Å². The van der Waals surface area contributed by atoms with Gasteiger partial charge in [-0.25, -0.2) is 4.57 Å². The molecule has 192 valence electrons. The Morgan fingerprint density at radius 3 is 2.70 bits per heavy atom. The summed E-state index contributed by atoms with van der Waals surface area (Å²) in [5.74, 6) is -3.37. The van der Waals surface area contributed by atoms with Crippen molar-refractivity contribution in [1.82, 2.24) is 19.6 Å². The smallest absolute Gasteiger partial charge is 0.278 e. The van der Waals surface area contributed by atoms with Crippen LogP contribution < -0.4 is 26.5 Å². The summed E-state index contributed by atoms with van der Waals surface area (Å²) in [6.45, 7) is 3.64. The third-order valence-electron chi connectivity index (χ3n) is 5.29. The van der Waals surface area contributed by atoms with Gasteiger partial charge in [0.25, 0.3) is 11.8 Å². The van der Waals surface area contributed by atoms with E-state index in [9.17, 15) is 24.3 Å². The highest BCUT2D eigenvalue weighted by Crippen LogP contribution is 2.40. The standard InChI is InChI=1S/C21H20N8O6S2/c1-2-7-35-26-12(16-25-21(23)37-27-16)17(31)24-13-18(32)29-14(20(33)34)11(9-36-19(13)29)8-28-5-3-10(4-6-28)15(22)30/h2-6,13,19H,1,7-9H2,(H5-,22,23,24,25,27,30,31,33,34)/t13?,19-/m0/s1. The molecule has 0 bridgehead atoms. The number of carbonyl (C=O) groups is 4. The number of hydrogen-bond acceptors (Lipinski definition) is 12. The molecule has 0 aliphatic carbocycles. The van der Waals surface area contributed by atoms with Crippen molar-refractivity contribution >= 4 is 57.8 Å². The number of nitrogens with one attached hydrogen (secondary N) is 1. The predicted octanol–water partition coefficient (Wildman–Crippen LogP) is -2.48. The van der Waals surface area contributed by atoms with E-state index in [1.165, 1.54) is 30.0 Å². The molecule has 16 heteroatoms. The highest BCUT2D eigenvalue weighted by Gasteiger charge is 2.53. The molecule has 37 heavy (non-hydrogen) atoms. The maximum absolute atomic E-state index is 13.0. The number of rotatable bonds is 10. The molecule has 0 aromatic carbocycles. The Labute approximate surface area is 217 Å². The second kappa shape index (κ2) is 10.8. The van der Waals surface area contributed by atoms with Gasteiger partial charge in [0.2, 0.25) is 17.4 Å². The number of β-lactam (4-membered cyclic amide) rings is 1. The predicted molar refractivity (Wildman–Crippen MR) is 129 cm³/mol. The summed E-state index contributed by atoms with van der Waals surface area (Å²) in [6.07, 6.45) is 4.57. The van der Waals surface area contributed by atoms with Gasteiger partial charge in [0.05, 0.1) is 17.2 Å². The van der Waals surface area contributed by atoms with E-state index < -0.39 is 35.1 Å². The lowest BCUT2D eigenvalue weighted by molar-refractivity contribution is -0.689. The molecule has 0 radical (unpaired) electrons. The van der Waals surface area contributed by atoms with Crippen molar-refractivity contribution in [2.45, 2.75) is 18.0 Å². The molecule has 1 saturated heterocycles. The number of hydrogen-bond donors (Lipinski definition) is 3. The van der Waals surface area contributed by atoms with Crippen molar-refractivity contribution in [2.75, 3.05) is 18.1 Å². The molecule has 0 saturated carbocycles. The molecule has 0 spiro atoms. The second-order valence-corrected chi connectivity index (χ2v) is 9.59. The SMILES string of the molecule is C=CCON=C(C(=O)NC1C(=O)N2C(C(=O)[O-])=C(C[n+]3ccc(C(N)=O)cc3)CS[C@@H]12)c1nsc(N)n1. The molecule has 2 aliphatic heterocycles. The number of amides is 3. The topological polar surface area (TPSA) is 210 Å². The van der Waals surface area contributed by atoms with Gasteiger partial charge in [-0.15, -0.1) is 11.8 Å². The van der Waals surface area contributed by atoms with E-state index >= 15 is 0 Å². The van der Waals surface area contributed by atoms with Gasteiger partial charge in [-0.2, -0.15) is 9.36 Å². The third-order valence-corrected chi connectivity index (χ3v) is 7.18. The number of carbonyl (C=O) groups excluding carboxylic acids is 4. The van der Waals surface area contributed by atoms with Crippen LogP contribution in [0.3, 0.4) is 0 Å². The number of carboxylic acid groups (broad SMARTS) is 1. The first kappa shape index (κ1) is 25.8. The number of aliphatic carboxylic acids is 1. The molecule has 1 fully saturated rings. The average Bonchev–Trinajstić information content (AvgIpc) is 3.30. The first-order valence-corrected chi connectivity index (χ1v) is 12.4. The number of nitrogens with two attached hydrogens (primary N) is 2. The van der Waals surface area contributed by atoms with Gasteiger partial charge < -0.3 is 31.5 Å². The molecule has 2 atom stereocenters. The Bertz CT molecular complexity index is 1340. The van der Waals surface area contributed by atoms with Crippen molar-refractivity contribution < 1.29 is 33.7 Å². The Kier molecular flexibility index (Phi) is 7.49. The summed E-state index contributed by atoms with van der Waals surface area (Å²) in [6, 6.07) is 1.98. The van der Waals surface area contributed by atoms with Crippen molar-refractivity contribution in [3.63, 3.8) is 0 Å². The van der Waals surface area contributed by atoms with Gasteiger partial charge in [0.1, 0.15) is 18.0 Å². The van der Waals surface area contributed by atoms with Crippen molar-refractivity contribution in [1.29, 1.82) is 0 Å². The number of aromatic nitrogens is 3. The number of carboxylic acids is 1. The summed E-state index contributed by atoms with van der Waals surface area (Å²) < 4.78 is 5.60. The van der Waals surface area contributed by atoms with Crippen LogP contribution in [0.15, 0.2) is 53.6 Å². The number of fused-ring (bicyclic) bond motifs is 1. The molecule has 3 amide bonds. The number of nitrogens with zero attached hydrogens (tertiary/aromatic N) is 5. The quantitative estimate of drug-likeness (QED) is 0.0716. The fourth-order valence-corrected chi connectivity index (χ4v) is 5.39. The van der Waals surface area contributed by atoms with Crippen LogP contribution >= 0.6 is 23.3 Å². The van der Waals surface area contributed by atoms with E-state index in [0.29, 0.717) is 11.1 Å². The molecular formula is C21H20N8O6S2. The minimum Gasteiger partial charge on any atom is -0.543 e. The zero-order valence-corrected chi connectivity index (χ0v) is 20.7. The van der Waals surface area contributed by atoms with Crippen LogP contribution in [0.1, 0.15) is 16.2 Å². The molecule has 2 aliphatic rings. The summed E-state index contributed by atoms with van der Waals surface area (Å²) >= 11 is 2.13. The molecule has 5 N–H and O–H groups in total. The lowest BCUT2D eigenvalue weighted by Crippen LogP contribution is -2.71. The van der Waals surface area contributed by atoms with Gasteiger partial charge in [0, 0.05) is 35.0 Å². The van der Waals surface area contributed by atoms with Crippen LogP contribution in [0.2, 0.25) is 0 Å².